The number of aromatic nitrogens is 1. The van der Waals surface area contributed by atoms with Crippen LogP contribution in [-0.2, 0) is 4.74 Å². The number of hydrogen-bond acceptors (Lipinski definition) is 5. The maximum atomic E-state index is 12.2. The largest absolute Gasteiger partial charge is 0.508 e. The van der Waals surface area contributed by atoms with E-state index in [1.165, 1.54) is 6.26 Å². The van der Waals surface area contributed by atoms with Crippen LogP contribution in [0, 0.1) is 0 Å². The van der Waals surface area contributed by atoms with Gasteiger partial charge in [0, 0.05) is 12.6 Å². The first-order valence-electron chi connectivity index (χ1n) is 6.34. The lowest BCUT2D eigenvalue weighted by Crippen LogP contribution is -2.42. The number of rotatable bonds is 2. The number of hydrogen-bond donors (Lipinski definition) is 1. The summed E-state index contributed by atoms with van der Waals surface area (Å²) in [5.41, 5.74) is 1.14. The molecule has 1 atom stereocenters. The van der Waals surface area contributed by atoms with E-state index in [4.69, 9.17) is 9.26 Å². The second kappa shape index (κ2) is 5.34. The monoisotopic (exact) mass is 274 g/mol. The number of morpholine rings is 1. The Morgan fingerprint density at radius 1 is 1.40 bits per heavy atom. The summed E-state index contributed by atoms with van der Waals surface area (Å²) in [4.78, 5) is 13.9. The quantitative estimate of drug-likeness (QED) is 0.900. The van der Waals surface area contributed by atoms with E-state index in [0.717, 1.165) is 5.56 Å². The normalized spacial score (nSPS) is 19.0. The lowest BCUT2D eigenvalue weighted by molar-refractivity contribution is -0.0231. The van der Waals surface area contributed by atoms with Crippen LogP contribution in [-0.4, -0.2) is 40.8 Å². The number of carbonyl (C=O) groups is 1. The number of amides is 1. The number of phenolic OH excluding ortho intramolecular Hbond substituents is 1. The van der Waals surface area contributed by atoms with E-state index in [0.29, 0.717) is 25.4 Å². The third-order valence-corrected chi connectivity index (χ3v) is 3.25. The first kappa shape index (κ1) is 12.7. The Labute approximate surface area is 115 Å². The maximum Gasteiger partial charge on any atom is 0.276 e. The third-order valence-electron chi connectivity index (χ3n) is 3.25. The summed E-state index contributed by atoms with van der Waals surface area (Å²) in [6.45, 7) is 1.39. The van der Waals surface area contributed by atoms with E-state index in [2.05, 4.69) is 5.16 Å². The lowest BCUT2D eigenvalue weighted by atomic mass is 10.1. The van der Waals surface area contributed by atoms with E-state index in [1.54, 1.807) is 29.2 Å². The molecule has 1 saturated heterocycles. The number of benzene rings is 1. The maximum absolute atomic E-state index is 12.2. The average molecular weight is 274 g/mol. The van der Waals surface area contributed by atoms with Gasteiger partial charge >= 0.3 is 0 Å². The molecule has 1 N–H and O–H groups in total. The summed E-state index contributed by atoms with van der Waals surface area (Å²) in [7, 11) is 0. The standard InChI is InChI=1S/C14H14N2O4/c17-11-3-1-2-10(8-11)13-9-16(5-7-19-13)14(18)12-4-6-20-15-12/h1-4,6,8,13,17H,5,7,9H2/t13-/m1/s1. The van der Waals surface area contributed by atoms with E-state index in [9.17, 15) is 9.90 Å². The van der Waals surface area contributed by atoms with Crippen molar-refractivity contribution < 1.29 is 19.2 Å². The van der Waals surface area contributed by atoms with Gasteiger partial charge in [0.15, 0.2) is 5.69 Å². The van der Waals surface area contributed by atoms with Crippen LogP contribution in [0.1, 0.15) is 22.2 Å². The molecule has 0 radical (unpaired) electrons. The van der Waals surface area contributed by atoms with E-state index in [1.807, 2.05) is 6.07 Å². The van der Waals surface area contributed by atoms with Crippen molar-refractivity contribution in [3.05, 3.63) is 47.9 Å². The molecule has 6 heteroatoms. The van der Waals surface area contributed by atoms with Crippen molar-refractivity contribution in [2.45, 2.75) is 6.10 Å². The van der Waals surface area contributed by atoms with Crippen LogP contribution < -0.4 is 0 Å². The molecule has 6 nitrogen and oxygen atoms in total. The van der Waals surface area contributed by atoms with Gasteiger partial charge in [-0.15, -0.1) is 0 Å². The molecule has 2 heterocycles. The number of phenols is 1. The molecule has 2 aromatic rings. The Kier molecular flexibility index (Phi) is 3.39. The molecule has 1 aliphatic heterocycles. The molecule has 104 valence electrons. The Morgan fingerprint density at radius 2 is 2.30 bits per heavy atom. The van der Waals surface area contributed by atoms with Gasteiger partial charge in [-0.25, -0.2) is 0 Å². The molecule has 1 aliphatic rings. The Morgan fingerprint density at radius 3 is 3.05 bits per heavy atom. The molecule has 0 spiro atoms. The van der Waals surface area contributed by atoms with Gasteiger partial charge in [0.25, 0.3) is 5.91 Å². The predicted octanol–water partition coefficient (Wildman–Crippen LogP) is 1.59. The summed E-state index contributed by atoms with van der Waals surface area (Å²) < 4.78 is 10.4. The van der Waals surface area contributed by atoms with Crippen LogP contribution in [0.4, 0.5) is 0 Å². The Bertz CT molecular complexity index is 597. The van der Waals surface area contributed by atoms with Gasteiger partial charge in [0.05, 0.1) is 13.2 Å². The first-order valence-corrected chi connectivity index (χ1v) is 6.34. The van der Waals surface area contributed by atoms with Crippen LogP contribution in [0.2, 0.25) is 0 Å². The van der Waals surface area contributed by atoms with Crippen LogP contribution in [0.15, 0.2) is 41.1 Å². The van der Waals surface area contributed by atoms with Crippen molar-refractivity contribution in [2.24, 2.45) is 0 Å². The Balaban J connectivity index is 1.75. The van der Waals surface area contributed by atoms with Gasteiger partial charge in [0.1, 0.15) is 18.1 Å². The second-order valence-electron chi connectivity index (χ2n) is 4.59. The fourth-order valence-corrected chi connectivity index (χ4v) is 2.25. The summed E-state index contributed by atoms with van der Waals surface area (Å²) in [6.07, 6.45) is 1.13. The van der Waals surface area contributed by atoms with Crippen molar-refractivity contribution in [1.29, 1.82) is 0 Å². The minimum atomic E-state index is -0.244. The van der Waals surface area contributed by atoms with Gasteiger partial charge in [-0.1, -0.05) is 17.3 Å². The first-order chi connectivity index (χ1) is 9.74. The summed E-state index contributed by atoms with van der Waals surface area (Å²) in [5, 5.41) is 13.2. The zero-order valence-corrected chi connectivity index (χ0v) is 10.7. The van der Waals surface area contributed by atoms with Gasteiger partial charge < -0.3 is 19.3 Å². The van der Waals surface area contributed by atoms with Crippen molar-refractivity contribution in [1.82, 2.24) is 10.1 Å². The van der Waals surface area contributed by atoms with Crippen molar-refractivity contribution >= 4 is 5.91 Å². The molecule has 1 aromatic carbocycles. The molecule has 0 unspecified atom stereocenters. The van der Waals surface area contributed by atoms with E-state index in [-0.39, 0.29) is 17.8 Å². The van der Waals surface area contributed by atoms with Gasteiger partial charge in [-0.05, 0) is 17.7 Å². The number of aromatic hydroxyl groups is 1. The highest BCUT2D eigenvalue weighted by Gasteiger charge is 2.27. The molecule has 20 heavy (non-hydrogen) atoms. The topological polar surface area (TPSA) is 75.8 Å². The lowest BCUT2D eigenvalue weighted by Gasteiger charge is -2.32. The molecule has 1 aromatic heterocycles. The van der Waals surface area contributed by atoms with Crippen LogP contribution >= 0.6 is 0 Å². The molecule has 0 saturated carbocycles. The Hall–Kier alpha value is -2.34. The van der Waals surface area contributed by atoms with Gasteiger partial charge in [-0.2, -0.15) is 0 Å². The molecule has 3 rings (SSSR count). The highest BCUT2D eigenvalue weighted by molar-refractivity contribution is 5.92. The SMILES string of the molecule is O=C(c1ccon1)N1CCO[C@@H](c2cccc(O)c2)C1. The van der Waals surface area contributed by atoms with Crippen molar-refractivity contribution in [3.8, 4) is 5.75 Å². The molecule has 0 bridgehead atoms. The average Bonchev–Trinajstić information content (AvgIpc) is 3.01. The molecule has 1 fully saturated rings. The number of carbonyl (C=O) groups excluding carboxylic acids is 1. The zero-order valence-electron chi connectivity index (χ0n) is 10.7. The summed E-state index contributed by atoms with van der Waals surface area (Å²) in [6, 6.07) is 8.42. The van der Waals surface area contributed by atoms with E-state index < -0.39 is 0 Å². The number of ether oxygens (including phenoxy) is 1. The molecule has 0 aliphatic carbocycles. The smallest absolute Gasteiger partial charge is 0.276 e. The minimum Gasteiger partial charge on any atom is -0.508 e. The van der Waals surface area contributed by atoms with Crippen LogP contribution in [0.5, 0.6) is 5.75 Å². The van der Waals surface area contributed by atoms with Crippen molar-refractivity contribution in [2.75, 3.05) is 19.7 Å². The van der Waals surface area contributed by atoms with Crippen LogP contribution in [0.3, 0.4) is 0 Å². The molecular formula is C14H14N2O4. The third kappa shape index (κ3) is 2.50. The summed E-state index contributed by atoms with van der Waals surface area (Å²) >= 11 is 0. The minimum absolute atomic E-state index is 0.174. The highest BCUT2D eigenvalue weighted by atomic mass is 16.5. The van der Waals surface area contributed by atoms with Gasteiger partial charge in [-0.3, -0.25) is 4.79 Å². The second-order valence-corrected chi connectivity index (χ2v) is 4.59. The summed E-state index contributed by atoms with van der Waals surface area (Å²) in [5.74, 6) is 0.0123. The number of nitrogens with zero attached hydrogens (tertiary/aromatic N) is 2. The van der Waals surface area contributed by atoms with Crippen LogP contribution in [0.25, 0.3) is 0 Å². The molecule has 1 amide bonds. The van der Waals surface area contributed by atoms with Gasteiger partial charge in [0.2, 0.25) is 0 Å². The van der Waals surface area contributed by atoms with Crippen molar-refractivity contribution in [3.63, 3.8) is 0 Å². The zero-order chi connectivity index (χ0) is 13.9. The molecular weight excluding hydrogens is 260 g/mol. The van der Waals surface area contributed by atoms with E-state index >= 15 is 0 Å². The fraction of sp³-hybridized carbons (Fsp3) is 0.286. The predicted molar refractivity (Wildman–Crippen MR) is 69.2 cm³/mol. The fourth-order valence-electron chi connectivity index (χ4n) is 2.25. The highest BCUT2D eigenvalue weighted by Crippen LogP contribution is 2.25.